The lowest BCUT2D eigenvalue weighted by atomic mass is 10.0. The van der Waals surface area contributed by atoms with E-state index in [2.05, 4.69) is 77.0 Å². The molecular weight excluding hydrogens is 360 g/mol. The van der Waals surface area contributed by atoms with Crippen LogP contribution in [0.2, 0.25) is 0 Å². The first-order valence-corrected chi connectivity index (χ1v) is 10.2. The maximum absolute atomic E-state index is 11.3. The van der Waals surface area contributed by atoms with Crippen molar-refractivity contribution in [3.63, 3.8) is 0 Å². The lowest BCUT2D eigenvalue weighted by Gasteiger charge is -2.25. The number of esters is 1. The van der Waals surface area contributed by atoms with Gasteiger partial charge in [-0.3, -0.25) is 4.90 Å². The summed E-state index contributed by atoms with van der Waals surface area (Å²) in [5.41, 5.74) is 6.56. The first kappa shape index (κ1) is 19.5. The molecule has 1 aliphatic rings. The molecule has 0 radical (unpaired) electrons. The van der Waals surface area contributed by atoms with Gasteiger partial charge in [0, 0.05) is 42.8 Å². The maximum atomic E-state index is 11.3. The van der Waals surface area contributed by atoms with Crippen molar-refractivity contribution in [3.8, 4) is 0 Å². The van der Waals surface area contributed by atoms with Crippen LogP contribution in [0.15, 0.2) is 54.7 Å². The molecule has 0 saturated heterocycles. The Bertz CT molecular complexity index is 1060. The number of aryl methyl sites for hydroxylation is 2. The number of likely N-dealkylation sites (N-methyl/N-ethyl adjacent to an activating group) is 1. The fourth-order valence-corrected chi connectivity index (χ4v) is 4.49. The van der Waals surface area contributed by atoms with Crippen LogP contribution in [0.3, 0.4) is 0 Å². The number of benzene rings is 2. The highest BCUT2D eigenvalue weighted by atomic mass is 16.5. The summed E-state index contributed by atoms with van der Waals surface area (Å²) in [7, 11) is 5.75. The minimum atomic E-state index is -0.323. The van der Waals surface area contributed by atoms with E-state index < -0.39 is 0 Å². The number of carbonyl (C=O) groups excluding carboxylic acids is 1. The van der Waals surface area contributed by atoms with Gasteiger partial charge >= 0.3 is 5.97 Å². The first-order valence-electron chi connectivity index (χ1n) is 10.2. The number of aromatic nitrogens is 1. The number of nitrogens with zero attached hydrogens (tertiary/aromatic N) is 2. The zero-order valence-electron chi connectivity index (χ0n) is 17.4. The Morgan fingerprint density at radius 2 is 2.10 bits per heavy atom. The topological polar surface area (TPSA) is 34.5 Å². The third-order valence-corrected chi connectivity index (χ3v) is 6.07. The summed E-state index contributed by atoms with van der Waals surface area (Å²) in [6.07, 6.45) is 8.84. The van der Waals surface area contributed by atoms with Gasteiger partial charge in [-0.05, 0) is 60.7 Å². The van der Waals surface area contributed by atoms with Crippen LogP contribution in [0, 0.1) is 0 Å². The van der Waals surface area contributed by atoms with Crippen LogP contribution in [0.25, 0.3) is 17.0 Å². The van der Waals surface area contributed by atoms with Crippen molar-refractivity contribution < 1.29 is 9.53 Å². The number of fused-ring (bicyclic) bond motifs is 2. The van der Waals surface area contributed by atoms with Crippen LogP contribution in [-0.4, -0.2) is 36.1 Å². The summed E-state index contributed by atoms with van der Waals surface area (Å²) < 4.78 is 6.89. The second-order valence-electron chi connectivity index (χ2n) is 7.88. The van der Waals surface area contributed by atoms with Gasteiger partial charge in [0.1, 0.15) is 0 Å². The van der Waals surface area contributed by atoms with Crippen molar-refractivity contribution >= 4 is 22.9 Å². The SMILES string of the molecule is COC(=O)C=Cc1ccc2c(c1)CCC2N(C)CCc1cn(C)c2ccccc12. The molecule has 150 valence electrons. The van der Waals surface area contributed by atoms with E-state index in [0.717, 1.165) is 31.4 Å². The smallest absolute Gasteiger partial charge is 0.330 e. The Labute approximate surface area is 172 Å². The molecule has 1 heterocycles. The van der Waals surface area contributed by atoms with Gasteiger partial charge in [0.05, 0.1) is 7.11 Å². The lowest BCUT2D eigenvalue weighted by molar-refractivity contribution is -0.134. The average molecular weight is 389 g/mol. The Hall–Kier alpha value is -2.85. The van der Waals surface area contributed by atoms with E-state index in [0.29, 0.717) is 6.04 Å². The van der Waals surface area contributed by atoms with E-state index in [1.54, 1.807) is 0 Å². The molecule has 0 bridgehead atoms. The Balaban J connectivity index is 1.45. The Morgan fingerprint density at radius 3 is 2.93 bits per heavy atom. The Morgan fingerprint density at radius 1 is 1.28 bits per heavy atom. The van der Waals surface area contributed by atoms with Crippen LogP contribution in [0.5, 0.6) is 0 Å². The molecule has 4 rings (SSSR count). The van der Waals surface area contributed by atoms with Gasteiger partial charge in [0.2, 0.25) is 0 Å². The number of methoxy groups -OCH3 is 1. The van der Waals surface area contributed by atoms with Gasteiger partial charge in [-0.15, -0.1) is 0 Å². The van der Waals surface area contributed by atoms with Crippen LogP contribution in [-0.2, 0) is 29.4 Å². The van der Waals surface area contributed by atoms with Crippen molar-refractivity contribution in [2.75, 3.05) is 20.7 Å². The number of ether oxygens (including phenoxy) is 1. The standard InChI is InChI=1S/C25H28N2O2/c1-26(15-14-20-17-27(2)23-7-5-4-6-21(20)23)24-12-10-19-16-18(8-11-22(19)24)9-13-25(28)29-3/h4-9,11,13,16-17,24H,10,12,14-15H2,1-3H3. The fourth-order valence-electron chi connectivity index (χ4n) is 4.49. The van der Waals surface area contributed by atoms with Gasteiger partial charge < -0.3 is 9.30 Å². The van der Waals surface area contributed by atoms with Crippen molar-refractivity contribution in [2.45, 2.75) is 25.3 Å². The van der Waals surface area contributed by atoms with Gasteiger partial charge in [0.15, 0.2) is 0 Å². The number of hydrogen-bond donors (Lipinski definition) is 0. The zero-order chi connectivity index (χ0) is 20.4. The predicted octanol–water partition coefficient (Wildman–Crippen LogP) is 4.53. The second kappa shape index (κ2) is 8.26. The molecule has 2 aromatic carbocycles. The fraction of sp³-hybridized carbons (Fsp3) is 0.320. The molecule has 1 unspecified atom stereocenters. The van der Waals surface area contributed by atoms with Gasteiger partial charge in [0.25, 0.3) is 0 Å². The van der Waals surface area contributed by atoms with E-state index in [9.17, 15) is 4.79 Å². The van der Waals surface area contributed by atoms with E-state index in [1.165, 1.54) is 40.8 Å². The molecule has 0 spiro atoms. The molecule has 3 aromatic rings. The molecule has 0 N–H and O–H groups in total. The third kappa shape index (κ3) is 3.99. The van der Waals surface area contributed by atoms with Gasteiger partial charge in [-0.2, -0.15) is 0 Å². The molecule has 1 atom stereocenters. The molecule has 0 saturated carbocycles. The molecule has 0 fully saturated rings. The van der Waals surface area contributed by atoms with E-state index in [4.69, 9.17) is 0 Å². The van der Waals surface area contributed by atoms with Crippen molar-refractivity contribution in [1.29, 1.82) is 0 Å². The number of carbonyl (C=O) groups is 1. The summed E-state index contributed by atoms with van der Waals surface area (Å²) in [5.74, 6) is -0.323. The van der Waals surface area contributed by atoms with Crippen LogP contribution < -0.4 is 0 Å². The molecule has 0 aliphatic heterocycles. The molecule has 1 aromatic heterocycles. The summed E-state index contributed by atoms with van der Waals surface area (Å²) in [5, 5.41) is 1.36. The molecule has 4 heteroatoms. The van der Waals surface area contributed by atoms with Gasteiger partial charge in [-0.1, -0.05) is 36.4 Å². The minimum Gasteiger partial charge on any atom is -0.466 e. The van der Waals surface area contributed by atoms with Crippen molar-refractivity contribution in [1.82, 2.24) is 9.47 Å². The molecule has 29 heavy (non-hydrogen) atoms. The number of hydrogen-bond acceptors (Lipinski definition) is 3. The third-order valence-electron chi connectivity index (χ3n) is 6.07. The van der Waals surface area contributed by atoms with Crippen LogP contribution in [0.1, 0.15) is 34.7 Å². The number of rotatable bonds is 6. The molecule has 0 amide bonds. The molecular formula is C25H28N2O2. The van der Waals surface area contributed by atoms with Gasteiger partial charge in [-0.25, -0.2) is 4.79 Å². The van der Waals surface area contributed by atoms with E-state index in [-0.39, 0.29) is 5.97 Å². The monoisotopic (exact) mass is 388 g/mol. The Kier molecular flexibility index (Phi) is 5.54. The minimum absolute atomic E-state index is 0.323. The maximum Gasteiger partial charge on any atom is 0.330 e. The van der Waals surface area contributed by atoms with Crippen molar-refractivity contribution in [3.05, 3.63) is 77.0 Å². The van der Waals surface area contributed by atoms with E-state index in [1.807, 2.05) is 6.08 Å². The van der Waals surface area contributed by atoms with Crippen LogP contribution >= 0.6 is 0 Å². The normalized spacial score (nSPS) is 16.1. The predicted molar refractivity (Wildman–Crippen MR) is 118 cm³/mol. The highest BCUT2D eigenvalue weighted by Crippen LogP contribution is 2.36. The zero-order valence-corrected chi connectivity index (χ0v) is 17.4. The summed E-state index contributed by atoms with van der Waals surface area (Å²) in [6.45, 7) is 1.03. The highest BCUT2D eigenvalue weighted by Gasteiger charge is 2.25. The summed E-state index contributed by atoms with van der Waals surface area (Å²) >= 11 is 0. The van der Waals surface area contributed by atoms with E-state index >= 15 is 0 Å². The highest BCUT2D eigenvalue weighted by molar-refractivity contribution is 5.87. The van der Waals surface area contributed by atoms with Crippen LogP contribution in [0.4, 0.5) is 0 Å². The van der Waals surface area contributed by atoms with Crippen molar-refractivity contribution in [2.24, 2.45) is 7.05 Å². The quantitative estimate of drug-likeness (QED) is 0.460. The molecule has 4 nitrogen and oxygen atoms in total. The summed E-state index contributed by atoms with van der Waals surface area (Å²) in [6, 6.07) is 15.6. The first-order chi connectivity index (χ1) is 14.1. The summed E-state index contributed by atoms with van der Waals surface area (Å²) in [4.78, 5) is 13.8. The average Bonchev–Trinajstić information content (AvgIpc) is 3.31. The largest absolute Gasteiger partial charge is 0.466 e. The molecule has 1 aliphatic carbocycles. The lowest BCUT2D eigenvalue weighted by Crippen LogP contribution is -2.25. The second-order valence-corrected chi connectivity index (χ2v) is 7.88. The number of para-hydroxylation sites is 1.